The van der Waals surface area contributed by atoms with Crippen molar-refractivity contribution in [1.82, 2.24) is 5.32 Å². The summed E-state index contributed by atoms with van der Waals surface area (Å²) in [5.41, 5.74) is 0. The van der Waals surface area contributed by atoms with Gasteiger partial charge in [0.05, 0.1) is 0 Å². The number of thioether (sulfide) groups is 1. The van der Waals surface area contributed by atoms with E-state index in [9.17, 15) is 9.59 Å². The molecule has 0 aliphatic heterocycles. The number of nitrogens with one attached hydrogen (secondary N) is 1. The molecule has 0 fully saturated rings. The molecule has 1 amide bonds. The first kappa shape index (κ1) is 13.2. The number of aliphatic hydroxyl groups excluding tert-OH is 1. The summed E-state index contributed by atoms with van der Waals surface area (Å²) < 4.78 is 0. The van der Waals surface area contributed by atoms with Gasteiger partial charge >= 0.3 is 5.97 Å². The molecule has 0 saturated heterocycles. The van der Waals surface area contributed by atoms with E-state index in [-0.39, 0.29) is 6.61 Å². The Bertz CT molecular complexity index is 177. The molecule has 0 aromatic rings. The largest absolute Gasteiger partial charge is 0.480 e. The Labute approximate surface area is 86.9 Å². The number of carbonyl (C=O) groups excluding carboxylic acids is 1. The van der Waals surface area contributed by atoms with Crippen LogP contribution in [0.3, 0.4) is 0 Å². The molecule has 0 rings (SSSR count). The Hall–Kier alpha value is -0.750. The smallest absolute Gasteiger partial charge is 0.326 e. The fourth-order valence-electron chi connectivity index (χ4n) is 0.830. The molecule has 0 spiro atoms. The molecule has 0 bridgehead atoms. The molecule has 0 aromatic carbocycles. The molecule has 0 saturated carbocycles. The highest BCUT2D eigenvalue weighted by Gasteiger charge is 2.14. The Morgan fingerprint density at radius 2 is 2.21 bits per heavy atom. The quantitative estimate of drug-likeness (QED) is 0.367. The van der Waals surface area contributed by atoms with Crippen molar-refractivity contribution in [3.8, 4) is 0 Å². The van der Waals surface area contributed by atoms with Crippen molar-refractivity contribution in [2.24, 2.45) is 0 Å². The van der Waals surface area contributed by atoms with E-state index in [1.165, 1.54) is 0 Å². The van der Waals surface area contributed by atoms with Gasteiger partial charge in [0.2, 0.25) is 6.41 Å². The van der Waals surface area contributed by atoms with Gasteiger partial charge in [-0.2, -0.15) is 11.8 Å². The van der Waals surface area contributed by atoms with E-state index in [0.29, 0.717) is 25.0 Å². The van der Waals surface area contributed by atoms with Crippen LogP contribution in [0, 0.1) is 0 Å². The van der Waals surface area contributed by atoms with E-state index < -0.39 is 12.0 Å². The number of aliphatic hydroxyl groups is 1. The van der Waals surface area contributed by atoms with E-state index in [1.807, 2.05) is 0 Å². The summed E-state index contributed by atoms with van der Waals surface area (Å²) in [5, 5.41) is 19.3. The normalized spacial score (nSPS) is 12.1. The van der Waals surface area contributed by atoms with Crippen LogP contribution >= 0.6 is 11.8 Å². The van der Waals surface area contributed by atoms with Crippen LogP contribution in [0.2, 0.25) is 0 Å². The van der Waals surface area contributed by atoms with Gasteiger partial charge in [0.1, 0.15) is 6.04 Å². The molecule has 5 nitrogen and oxygen atoms in total. The van der Waals surface area contributed by atoms with Gasteiger partial charge in [-0.3, -0.25) is 4.79 Å². The number of hydrogen-bond acceptors (Lipinski definition) is 4. The third kappa shape index (κ3) is 6.73. The number of hydrogen-bond donors (Lipinski definition) is 3. The van der Waals surface area contributed by atoms with Gasteiger partial charge in [0, 0.05) is 6.61 Å². The van der Waals surface area contributed by atoms with Crippen LogP contribution in [0.1, 0.15) is 12.8 Å². The summed E-state index contributed by atoms with van der Waals surface area (Å²) in [7, 11) is 0. The zero-order valence-corrected chi connectivity index (χ0v) is 8.63. The summed E-state index contributed by atoms with van der Waals surface area (Å²) in [5.74, 6) is 0.460. The lowest BCUT2D eigenvalue weighted by molar-refractivity contribution is -0.140. The molecular formula is C8H15NO4S. The predicted octanol–water partition coefficient (Wildman–Crippen LogP) is -0.309. The van der Waals surface area contributed by atoms with E-state index in [0.717, 1.165) is 5.75 Å². The van der Waals surface area contributed by atoms with Crippen LogP contribution < -0.4 is 5.32 Å². The van der Waals surface area contributed by atoms with E-state index >= 15 is 0 Å². The monoisotopic (exact) mass is 221 g/mol. The van der Waals surface area contributed by atoms with Crippen LogP contribution in [0.5, 0.6) is 0 Å². The second-order valence-electron chi connectivity index (χ2n) is 2.65. The highest BCUT2D eigenvalue weighted by molar-refractivity contribution is 7.99. The molecule has 0 aliphatic rings. The topological polar surface area (TPSA) is 86.6 Å². The summed E-state index contributed by atoms with van der Waals surface area (Å²) >= 11 is 1.57. The number of carbonyl (C=O) groups is 2. The summed E-state index contributed by atoms with van der Waals surface area (Å²) in [6, 6.07) is -0.797. The molecule has 1 atom stereocenters. The maximum atomic E-state index is 10.5. The van der Waals surface area contributed by atoms with Crippen LogP contribution in [0.15, 0.2) is 0 Å². The fourth-order valence-corrected chi connectivity index (χ4v) is 1.77. The van der Waals surface area contributed by atoms with Gasteiger partial charge in [-0.15, -0.1) is 0 Å². The zero-order valence-electron chi connectivity index (χ0n) is 7.81. The second-order valence-corrected chi connectivity index (χ2v) is 3.88. The average Bonchev–Trinajstić information content (AvgIpc) is 2.15. The number of rotatable bonds is 9. The van der Waals surface area contributed by atoms with Crippen molar-refractivity contribution in [3.63, 3.8) is 0 Å². The fraction of sp³-hybridized carbons (Fsp3) is 0.750. The van der Waals surface area contributed by atoms with Crippen molar-refractivity contribution in [2.75, 3.05) is 18.1 Å². The van der Waals surface area contributed by atoms with Gasteiger partial charge in [-0.05, 0) is 24.3 Å². The van der Waals surface area contributed by atoms with Crippen LogP contribution in [-0.2, 0) is 9.59 Å². The molecule has 82 valence electrons. The second kappa shape index (κ2) is 8.83. The standard InChI is InChI=1S/C8H15NO4S/c10-3-1-4-14-5-2-7(8(12)13)9-6-11/h6-7,10H,1-5H2,(H,9,11)(H,12,13). The molecular weight excluding hydrogens is 206 g/mol. The average molecular weight is 221 g/mol. The van der Waals surface area contributed by atoms with Gasteiger partial charge in [-0.1, -0.05) is 0 Å². The SMILES string of the molecule is O=CNC(CCSCCCO)C(=O)O. The Morgan fingerprint density at radius 3 is 2.71 bits per heavy atom. The summed E-state index contributed by atoms with van der Waals surface area (Å²) in [6.45, 7) is 0.155. The van der Waals surface area contributed by atoms with Gasteiger partial charge in [0.15, 0.2) is 0 Å². The van der Waals surface area contributed by atoms with Gasteiger partial charge in [-0.25, -0.2) is 4.79 Å². The van der Waals surface area contributed by atoms with Gasteiger partial charge in [0.25, 0.3) is 0 Å². The van der Waals surface area contributed by atoms with Crippen molar-refractivity contribution >= 4 is 24.1 Å². The highest BCUT2D eigenvalue weighted by Crippen LogP contribution is 2.06. The molecule has 0 heterocycles. The minimum absolute atomic E-state index is 0.155. The van der Waals surface area contributed by atoms with Crippen molar-refractivity contribution < 1.29 is 19.8 Å². The Balaban J connectivity index is 3.50. The number of carboxylic acid groups (broad SMARTS) is 1. The first-order chi connectivity index (χ1) is 6.72. The third-order valence-electron chi connectivity index (χ3n) is 1.56. The minimum Gasteiger partial charge on any atom is -0.480 e. The maximum Gasteiger partial charge on any atom is 0.326 e. The van der Waals surface area contributed by atoms with Crippen LogP contribution in [0.4, 0.5) is 0 Å². The van der Waals surface area contributed by atoms with E-state index in [2.05, 4.69) is 5.32 Å². The van der Waals surface area contributed by atoms with Crippen LogP contribution in [-0.4, -0.2) is 46.7 Å². The van der Waals surface area contributed by atoms with Crippen molar-refractivity contribution in [3.05, 3.63) is 0 Å². The molecule has 1 unspecified atom stereocenters. The minimum atomic E-state index is -1.01. The zero-order chi connectivity index (χ0) is 10.8. The summed E-state index contributed by atoms with van der Waals surface area (Å²) in [4.78, 5) is 20.6. The number of aliphatic carboxylic acids is 1. The van der Waals surface area contributed by atoms with Crippen molar-refractivity contribution in [2.45, 2.75) is 18.9 Å². The van der Waals surface area contributed by atoms with Gasteiger partial charge < -0.3 is 15.5 Å². The number of amides is 1. The van der Waals surface area contributed by atoms with Crippen LogP contribution in [0.25, 0.3) is 0 Å². The number of carboxylic acids is 1. The first-order valence-corrected chi connectivity index (χ1v) is 5.49. The van der Waals surface area contributed by atoms with Crippen molar-refractivity contribution in [1.29, 1.82) is 0 Å². The lowest BCUT2D eigenvalue weighted by atomic mass is 10.2. The lowest BCUT2D eigenvalue weighted by Crippen LogP contribution is -2.36. The summed E-state index contributed by atoms with van der Waals surface area (Å²) in [6.07, 6.45) is 1.52. The Kier molecular flexibility index (Phi) is 8.36. The Morgan fingerprint density at radius 1 is 1.50 bits per heavy atom. The molecule has 14 heavy (non-hydrogen) atoms. The first-order valence-electron chi connectivity index (χ1n) is 4.33. The highest BCUT2D eigenvalue weighted by atomic mass is 32.2. The lowest BCUT2D eigenvalue weighted by Gasteiger charge is -2.09. The van der Waals surface area contributed by atoms with E-state index in [4.69, 9.17) is 10.2 Å². The predicted molar refractivity (Wildman–Crippen MR) is 54.3 cm³/mol. The molecule has 0 aliphatic carbocycles. The molecule has 6 heteroatoms. The molecule has 0 radical (unpaired) electrons. The molecule has 0 aromatic heterocycles. The van der Waals surface area contributed by atoms with E-state index in [1.54, 1.807) is 11.8 Å². The maximum absolute atomic E-state index is 10.5. The molecule has 3 N–H and O–H groups in total. The third-order valence-corrected chi connectivity index (χ3v) is 2.67.